The number of esters is 1. The molecule has 0 saturated carbocycles. The van der Waals surface area contributed by atoms with Crippen LogP contribution >= 0.6 is 0 Å². The molecule has 0 aromatic heterocycles. The van der Waals surface area contributed by atoms with Crippen molar-refractivity contribution in [1.29, 1.82) is 0 Å². The highest BCUT2D eigenvalue weighted by Crippen LogP contribution is 2.13. The topological polar surface area (TPSA) is 128 Å². The maximum Gasteiger partial charge on any atom is 0.338 e. The molecule has 2 aromatic carbocycles. The Hall–Kier alpha value is -3.75. The average molecular weight is 371 g/mol. The Morgan fingerprint density at radius 1 is 1.07 bits per heavy atom. The molecule has 0 bridgehead atoms. The highest BCUT2D eigenvalue weighted by molar-refractivity contribution is 6.00. The predicted molar refractivity (Wildman–Crippen MR) is 96.5 cm³/mol. The van der Waals surface area contributed by atoms with E-state index >= 15 is 0 Å². The summed E-state index contributed by atoms with van der Waals surface area (Å²) in [7, 11) is 0. The minimum absolute atomic E-state index is 0.0707. The van der Waals surface area contributed by atoms with Crippen molar-refractivity contribution in [2.45, 2.75) is 6.92 Å². The highest BCUT2D eigenvalue weighted by Gasteiger charge is 2.13. The predicted octanol–water partition coefficient (Wildman–Crippen LogP) is 2.14. The van der Waals surface area contributed by atoms with Gasteiger partial charge in [-0.05, 0) is 31.2 Å². The number of hydrogen-bond acceptors (Lipinski definition) is 6. The summed E-state index contributed by atoms with van der Waals surface area (Å²) in [4.78, 5) is 45.8. The summed E-state index contributed by atoms with van der Waals surface area (Å²) in [5, 5.41) is 15.7. The third-order valence-electron chi connectivity index (χ3n) is 3.39. The van der Waals surface area contributed by atoms with Crippen molar-refractivity contribution in [2.75, 3.05) is 18.5 Å². The van der Waals surface area contributed by atoms with E-state index in [1.54, 1.807) is 25.1 Å². The number of nitrogens with zero attached hydrogens (tertiary/aromatic N) is 1. The first-order valence-electron chi connectivity index (χ1n) is 8.00. The second-order valence-electron chi connectivity index (χ2n) is 5.34. The van der Waals surface area contributed by atoms with E-state index in [-0.39, 0.29) is 30.0 Å². The monoisotopic (exact) mass is 371 g/mol. The van der Waals surface area contributed by atoms with Crippen LogP contribution in [0.2, 0.25) is 0 Å². The molecule has 0 spiro atoms. The zero-order valence-corrected chi connectivity index (χ0v) is 14.4. The Morgan fingerprint density at radius 2 is 1.78 bits per heavy atom. The van der Waals surface area contributed by atoms with Gasteiger partial charge in [-0.1, -0.05) is 12.1 Å². The van der Waals surface area contributed by atoms with Crippen LogP contribution in [0.5, 0.6) is 0 Å². The van der Waals surface area contributed by atoms with Gasteiger partial charge >= 0.3 is 5.97 Å². The van der Waals surface area contributed by atoms with E-state index in [0.29, 0.717) is 5.69 Å². The average Bonchev–Trinajstić information content (AvgIpc) is 2.66. The smallest absolute Gasteiger partial charge is 0.338 e. The van der Waals surface area contributed by atoms with Gasteiger partial charge in [0.1, 0.15) is 0 Å². The van der Waals surface area contributed by atoms with E-state index in [2.05, 4.69) is 10.6 Å². The molecule has 0 heterocycles. The largest absolute Gasteiger partial charge is 0.462 e. The zero-order chi connectivity index (χ0) is 19.8. The molecule has 2 aromatic rings. The number of amides is 2. The Morgan fingerprint density at radius 3 is 2.48 bits per heavy atom. The normalized spacial score (nSPS) is 9.96. The molecule has 2 N–H and O–H groups in total. The summed E-state index contributed by atoms with van der Waals surface area (Å²) in [6, 6.07) is 11.4. The molecule has 0 atom stereocenters. The Labute approximate surface area is 154 Å². The molecule has 0 aliphatic heterocycles. The number of ether oxygens (including phenoxy) is 1. The molecular weight excluding hydrogens is 354 g/mol. The van der Waals surface area contributed by atoms with E-state index in [9.17, 15) is 24.5 Å². The lowest BCUT2D eigenvalue weighted by Crippen LogP contribution is -2.32. The summed E-state index contributed by atoms with van der Waals surface area (Å²) in [5.41, 5.74) is 0.509. The maximum atomic E-state index is 12.0. The summed E-state index contributed by atoms with van der Waals surface area (Å²) in [5.74, 6) is -1.64. The number of rotatable bonds is 7. The number of nitro groups is 1. The van der Waals surface area contributed by atoms with E-state index in [1.807, 2.05) is 0 Å². The zero-order valence-electron chi connectivity index (χ0n) is 14.4. The van der Waals surface area contributed by atoms with E-state index < -0.39 is 22.7 Å². The maximum absolute atomic E-state index is 12.0. The highest BCUT2D eigenvalue weighted by atomic mass is 16.6. The fourth-order valence-electron chi connectivity index (χ4n) is 2.17. The Kier molecular flexibility index (Phi) is 6.59. The number of nitrogens with one attached hydrogen (secondary N) is 2. The van der Waals surface area contributed by atoms with Crippen molar-refractivity contribution < 1.29 is 24.0 Å². The fourth-order valence-corrected chi connectivity index (χ4v) is 2.17. The minimum atomic E-state index is -0.617. The van der Waals surface area contributed by atoms with Gasteiger partial charge in [-0.15, -0.1) is 0 Å². The van der Waals surface area contributed by atoms with Crippen molar-refractivity contribution in [3.63, 3.8) is 0 Å². The fraction of sp³-hybridized carbons (Fsp3) is 0.167. The van der Waals surface area contributed by atoms with Crippen molar-refractivity contribution in [3.8, 4) is 0 Å². The van der Waals surface area contributed by atoms with Crippen LogP contribution in [0, 0.1) is 10.1 Å². The van der Waals surface area contributed by atoms with Gasteiger partial charge in [-0.2, -0.15) is 0 Å². The van der Waals surface area contributed by atoms with Gasteiger partial charge in [0.05, 0.1) is 23.6 Å². The summed E-state index contributed by atoms with van der Waals surface area (Å²) in [6.45, 7) is 1.58. The van der Waals surface area contributed by atoms with Gasteiger partial charge in [-0.25, -0.2) is 4.79 Å². The molecule has 0 unspecified atom stereocenters. The summed E-state index contributed by atoms with van der Waals surface area (Å²) in [6.07, 6.45) is 0. The van der Waals surface area contributed by atoms with Gasteiger partial charge in [0.15, 0.2) is 0 Å². The second-order valence-corrected chi connectivity index (χ2v) is 5.34. The molecular formula is C18H17N3O6. The molecule has 9 nitrogen and oxygen atoms in total. The lowest BCUT2D eigenvalue weighted by Gasteiger charge is -2.08. The molecule has 0 saturated heterocycles. The van der Waals surface area contributed by atoms with Gasteiger partial charge in [0, 0.05) is 23.4 Å². The number of hydrogen-bond donors (Lipinski definition) is 2. The van der Waals surface area contributed by atoms with Crippen LogP contribution in [-0.4, -0.2) is 35.9 Å². The first-order chi connectivity index (χ1) is 12.9. The van der Waals surface area contributed by atoms with Crippen LogP contribution in [0.15, 0.2) is 48.5 Å². The van der Waals surface area contributed by atoms with E-state index in [1.165, 1.54) is 24.3 Å². The number of carbonyl (C=O) groups excluding carboxylic acids is 3. The van der Waals surface area contributed by atoms with E-state index in [4.69, 9.17) is 4.74 Å². The number of carbonyl (C=O) groups is 3. The molecule has 9 heteroatoms. The quantitative estimate of drug-likeness (QED) is 0.436. The molecule has 2 rings (SSSR count). The van der Waals surface area contributed by atoms with Crippen molar-refractivity contribution in [2.24, 2.45) is 0 Å². The van der Waals surface area contributed by atoms with Crippen LogP contribution in [0.3, 0.4) is 0 Å². The minimum Gasteiger partial charge on any atom is -0.462 e. The van der Waals surface area contributed by atoms with Crippen LogP contribution in [-0.2, 0) is 9.53 Å². The first-order valence-corrected chi connectivity index (χ1v) is 8.00. The lowest BCUT2D eigenvalue weighted by molar-refractivity contribution is -0.384. The summed E-state index contributed by atoms with van der Waals surface area (Å²) < 4.78 is 4.89. The number of non-ortho nitro benzene ring substituents is 1. The Balaban J connectivity index is 1.93. The van der Waals surface area contributed by atoms with Gasteiger partial charge < -0.3 is 15.4 Å². The van der Waals surface area contributed by atoms with Crippen LogP contribution in [0.25, 0.3) is 0 Å². The lowest BCUT2D eigenvalue weighted by atomic mass is 10.2. The SMILES string of the molecule is CCOC(=O)c1cccc(NC(=O)CNC(=O)c2cccc([N+](=O)[O-])c2)c1. The van der Waals surface area contributed by atoms with Gasteiger partial charge in [0.25, 0.3) is 11.6 Å². The molecule has 0 radical (unpaired) electrons. The van der Waals surface area contributed by atoms with Crippen molar-refractivity contribution >= 4 is 29.2 Å². The van der Waals surface area contributed by atoms with E-state index in [0.717, 1.165) is 6.07 Å². The van der Waals surface area contributed by atoms with Crippen LogP contribution in [0.4, 0.5) is 11.4 Å². The van der Waals surface area contributed by atoms with Crippen LogP contribution in [0.1, 0.15) is 27.6 Å². The third kappa shape index (κ3) is 5.63. The van der Waals surface area contributed by atoms with Crippen LogP contribution < -0.4 is 10.6 Å². The van der Waals surface area contributed by atoms with Crippen molar-refractivity contribution in [1.82, 2.24) is 5.32 Å². The second kappa shape index (κ2) is 9.09. The summed E-state index contributed by atoms with van der Waals surface area (Å²) >= 11 is 0. The third-order valence-corrected chi connectivity index (χ3v) is 3.39. The molecule has 2 amide bonds. The van der Waals surface area contributed by atoms with Crippen molar-refractivity contribution in [3.05, 3.63) is 69.8 Å². The first kappa shape index (κ1) is 19.6. The molecule has 0 aliphatic rings. The molecule has 140 valence electrons. The molecule has 0 aliphatic carbocycles. The number of nitro benzene ring substituents is 1. The Bertz CT molecular complexity index is 881. The molecule has 0 fully saturated rings. The standard InChI is InChI=1S/C18H17N3O6/c1-2-27-18(24)13-6-3-7-14(9-13)20-16(22)11-19-17(23)12-5-4-8-15(10-12)21(25)26/h3-10H,2,11H2,1H3,(H,19,23)(H,20,22). The van der Waals surface area contributed by atoms with Gasteiger partial charge in [0.2, 0.25) is 5.91 Å². The number of anilines is 1. The molecule has 27 heavy (non-hydrogen) atoms. The van der Waals surface area contributed by atoms with Gasteiger partial charge in [-0.3, -0.25) is 19.7 Å². The number of benzene rings is 2.